The largest absolute Gasteiger partial charge is 0.495 e. The summed E-state index contributed by atoms with van der Waals surface area (Å²) >= 11 is 0. The van der Waals surface area contributed by atoms with E-state index in [1.54, 1.807) is 0 Å². The zero-order valence-corrected chi connectivity index (χ0v) is 17.6. The molecular weight excluding hydrogens is 390 g/mol. The molecule has 0 atom stereocenters. The average molecular weight is 418 g/mol. The first-order valence-corrected chi connectivity index (χ1v) is 11.1. The monoisotopic (exact) mass is 417 g/mol. The molecule has 2 aromatic rings. The number of ether oxygens (including phenoxy) is 1. The van der Waals surface area contributed by atoms with E-state index in [1.165, 1.54) is 45.1 Å². The molecule has 2 N–H and O–H groups in total. The molecule has 7 nitrogen and oxygen atoms in total. The van der Waals surface area contributed by atoms with Gasteiger partial charge in [-0.3, -0.25) is 9.69 Å². The van der Waals surface area contributed by atoms with Crippen LogP contribution in [0.25, 0.3) is 0 Å². The van der Waals surface area contributed by atoms with Gasteiger partial charge in [-0.05, 0) is 55.3 Å². The van der Waals surface area contributed by atoms with E-state index in [0.29, 0.717) is 11.4 Å². The van der Waals surface area contributed by atoms with Crippen molar-refractivity contribution in [2.24, 2.45) is 0 Å². The summed E-state index contributed by atoms with van der Waals surface area (Å²) in [7, 11) is -2.29. The molecule has 0 bridgehead atoms. The number of methoxy groups -OCH3 is 1. The summed E-state index contributed by atoms with van der Waals surface area (Å²) in [6.45, 7) is 4.55. The number of nitrogens with one attached hydrogen (secondary N) is 2. The van der Waals surface area contributed by atoms with Crippen molar-refractivity contribution in [3.8, 4) is 5.75 Å². The minimum Gasteiger partial charge on any atom is -0.495 e. The first kappa shape index (κ1) is 21.3. The van der Waals surface area contributed by atoms with E-state index in [-0.39, 0.29) is 17.3 Å². The molecule has 1 aliphatic heterocycles. The molecule has 2 aromatic carbocycles. The van der Waals surface area contributed by atoms with Crippen LogP contribution in [0.4, 0.5) is 5.69 Å². The third-order valence-electron chi connectivity index (χ3n) is 4.96. The Bertz CT molecular complexity index is 970. The molecule has 29 heavy (non-hydrogen) atoms. The molecule has 1 heterocycles. The minimum atomic E-state index is -3.76. The van der Waals surface area contributed by atoms with Gasteiger partial charge in [-0.1, -0.05) is 24.3 Å². The number of amides is 1. The van der Waals surface area contributed by atoms with Crippen LogP contribution >= 0.6 is 0 Å². The van der Waals surface area contributed by atoms with Gasteiger partial charge in [0.05, 0.1) is 17.7 Å². The Kier molecular flexibility index (Phi) is 6.89. The fraction of sp³-hybridized carbons (Fsp3) is 0.381. The van der Waals surface area contributed by atoms with E-state index < -0.39 is 10.0 Å². The van der Waals surface area contributed by atoms with E-state index in [2.05, 4.69) is 14.9 Å². The molecule has 0 unspecified atom stereocenters. The fourth-order valence-corrected chi connectivity index (χ4v) is 4.50. The van der Waals surface area contributed by atoms with Gasteiger partial charge in [0.1, 0.15) is 5.75 Å². The quantitative estimate of drug-likeness (QED) is 0.690. The van der Waals surface area contributed by atoms with Crippen LogP contribution in [0.1, 0.15) is 30.9 Å². The Balaban J connectivity index is 1.76. The van der Waals surface area contributed by atoms with Gasteiger partial charge in [0, 0.05) is 20.0 Å². The number of nitrogens with zero attached hydrogens (tertiary/aromatic N) is 1. The predicted molar refractivity (Wildman–Crippen MR) is 112 cm³/mol. The highest BCUT2D eigenvalue weighted by Crippen LogP contribution is 2.27. The number of hydrogen-bond acceptors (Lipinski definition) is 5. The van der Waals surface area contributed by atoms with Crippen molar-refractivity contribution in [2.75, 3.05) is 25.5 Å². The van der Waals surface area contributed by atoms with Crippen molar-refractivity contribution in [2.45, 2.75) is 37.8 Å². The Morgan fingerprint density at radius 2 is 1.79 bits per heavy atom. The smallest absolute Gasteiger partial charge is 0.240 e. The summed E-state index contributed by atoms with van der Waals surface area (Å²) in [4.78, 5) is 13.9. The molecule has 1 aliphatic rings. The van der Waals surface area contributed by atoms with Crippen LogP contribution in [0.5, 0.6) is 5.75 Å². The Morgan fingerprint density at radius 3 is 2.45 bits per heavy atom. The summed E-state index contributed by atoms with van der Waals surface area (Å²) in [6.07, 6.45) is 2.42. The molecule has 0 spiro atoms. The highest BCUT2D eigenvalue weighted by Gasteiger charge is 2.18. The maximum Gasteiger partial charge on any atom is 0.240 e. The van der Waals surface area contributed by atoms with Gasteiger partial charge in [0.15, 0.2) is 0 Å². The molecular formula is C21H27N3O4S. The number of benzene rings is 2. The Hall–Kier alpha value is -2.42. The summed E-state index contributed by atoms with van der Waals surface area (Å²) in [5.41, 5.74) is 2.40. The first-order valence-electron chi connectivity index (χ1n) is 9.63. The van der Waals surface area contributed by atoms with Crippen molar-refractivity contribution in [1.82, 2.24) is 9.62 Å². The molecule has 0 radical (unpaired) electrons. The maximum atomic E-state index is 12.8. The molecule has 1 amide bonds. The normalized spacial score (nSPS) is 14.7. The van der Waals surface area contributed by atoms with Crippen LogP contribution in [-0.2, 0) is 27.9 Å². The number of carbonyl (C=O) groups excluding carboxylic acids is 1. The molecule has 0 aromatic heterocycles. The Morgan fingerprint density at radius 1 is 1.10 bits per heavy atom. The molecule has 1 saturated heterocycles. The van der Waals surface area contributed by atoms with Gasteiger partial charge in [0.25, 0.3) is 0 Å². The van der Waals surface area contributed by atoms with Gasteiger partial charge in [-0.15, -0.1) is 0 Å². The predicted octanol–water partition coefficient (Wildman–Crippen LogP) is 2.73. The molecule has 0 saturated carbocycles. The van der Waals surface area contributed by atoms with Gasteiger partial charge >= 0.3 is 0 Å². The van der Waals surface area contributed by atoms with Crippen LogP contribution in [0, 0.1) is 0 Å². The second kappa shape index (κ2) is 9.39. The summed E-state index contributed by atoms with van der Waals surface area (Å²) in [5.74, 6) is 0.0942. The summed E-state index contributed by atoms with van der Waals surface area (Å²) in [5, 5.41) is 2.60. The van der Waals surface area contributed by atoms with E-state index in [4.69, 9.17) is 4.74 Å². The maximum absolute atomic E-state index is 12.8. The van der Waals surface area contributed by atoms with E-state index >= 15 is 0 Å². The lowest BCUT2D eigenvalue weighted by atomic mass is 10.1. The number of carbonyl (C=O) groups is 1. The molecule has 1 fully saturated rings. The first-order chi connectivity index (χ1) is 13.9. The summed E-state index contributed by atoms with van der Waals surface area (Å²) in [6, 6.07) is 12.3. The van der Waals surface area contributed by atoms with E-state index in [1.807, 2.05) is 24.3 Å². The third kappa shape index (κ3) is 5.56. The molecule has 156 valence electrons. The number of hydrogen-bond donors (Lipinski definition) is 2. The van der Waals surface area contributed by atoms with Crippen LogP contribution < -0.4 is 14.8 Å². The topological polar surface area (TPSA) is 87.7 Å². The highest BCUT2D eigenvalue weighted by atomic mass is 32.2. The number of likely N-dealkylation sites (tertiary alicyclic amines) is 1. The van der Waals surface area contributed by atoms with Crippen molar-refractivity contribution in [1.29, 1.82) is 0 Å². The van der Waals surface area contributed by atoms with Gasteiger partial charge < -0.3 is 10.1 Å². The number of rotatable bonds is 8. The molecule has 3 rings (SSSR count). The van der Waals surface area contributed by atoms with E-state index in [0.717, 1.165) is 30.8 Å². The lowest BCUT2D eigenvalue weighted by Crippen LogP contribution is -2.25. The zero-order chi connectivity index (χ0) is 20.9. The Labute approximate surface area is 172 Å². The number of sulfonamides is 1. The molecule has 0 aliphatic carbocycles. The third-order valence-corrected chi connectivity index (χ3v) is 6.35. The lowest BCUT2D eigenvalue weighted by molar-refractivity contribution is -0.114. The molecule has 8 heteroatoms. The average Bonchev–Trinajstić information content (AvgIpc) is 3.20. The van der Waals surface area contributed by atoms with Crippen LogP contribution in [0.3, 0.4) is 0 Å². The standard InChI is InChI=1S/C21H27N3O4S/c1-16(25)23-20-13-19(9-10-21(20)28-2)29(26,27)22-14-17-7-3-4-8-18(17)15-24-11-5-6-12-24/h3-4,7-10,13,22H,5-6,11-12,14-15H2,1-2H3,(H,23,25). The highest BCUT2D eigenvalue weighted by molar-refractivity contribution is 7.89. The van der Waals surface area contributed by atoms with Crippen LogP contribution in [0.15, 0.2) is 47.4 Å². The van der Waals surface area contributed by atoms with Crippen molar-refractivity contribution in [3.63, 3.8) is 0 Å². The van der Waals surface area contributed by atoms with Gasteiger partial charge in [-0.2, -0.15) is 0 Å². The van der Waals surface area contributed by atoms with Crippen LogP contribution in [-0.4, -0.2) is 39.4 Å². The van der Waals surface area contributed by atoms with Crippen molar-refractivity contribution in [3.05, 3.63) is 53.6 Å². The lowest BCUT2D eigenvalue weighted by Gasteiger charge is -2.18. The van der Waals surface area contributed by atoms with Crippen molar-refractivity contribution < 1.29 is 17.9 Å². The van der Waals surface area contributed by atoms with Gasteiger partial charge in [0.2, 0.25) is 15.9 Å². The zero-order valence-electron chi connectivity index (χ0n) is 16.8. The number of anilines is 1. The van der Waals surface area contributed by atoms with Crippen LogP contribution in [0.2, 0.25) is 0 Å². The minimum absolute atomic E-state index is 0.0686. The SMILES string of the molecule is COc1ccc(S(=O)(=O)NCc2ccccc2CN2CCCC2)cc1NC(C)=O. The van der Waals surface area contributed by atoms with E-state index in [9.17, 15) is 13.2 Å². The van der Waals surface area contributed by atoms with Gasteiger partial charge in [-0.25, -0.2) is 13.1 Å². The van der Waals surface area contributed by atoms with Crippen molar-refractivity contribution >= 4 is 21.6 Å². The second-order valence-electron chi connectivity index (χ2n) is 7.12. The summed E-state index contributed by atoms with van der Waals surface area (Å²) < 4.78 is 33.5. The fourth-order valence-electron chi connectivity index (χ4n) is 3.46. The second-order valence-corrected chi connectivity index (χ2v) is 8.89.